The van der Waals surface area contributed by atoms with E-state index in [9.17, 15) is 0 Å². The highest BCUT2D eigenvalue weighted by Crippen LogP contribution is 2.21. The van der Waals surface area contributed by atoms with E-state index in [1.165, 1.54) is 17.1 Å². The molecule has 0 amide bonds. The lowest BCUT2D eigenvalue weighted by Gasteiger charge is -2.05. The van der Waals surface area contributed by atoms with Crippen molar-refractivity contribution in [1.29, 1.82) is 0 Å². The Kier molecular flexibility index (Phi) is 4.22. The van der Waals surface area contributed by atoms with Crippen LogP contribution in [0.5, 0.6) is 0 Å². The van der Waals surface area contributed by atoms with Crippen molar-refractivity contribution in [3.05, 3.63) is 22.2 Å². The zero-order chi connectivity index (χ0) is 10.6. The Morgan fingerprint density at radius 1 is 1.57 bits per heavy atom. The third kappa shape index (κ3) is 2.89. The second-order valence-corrected chi connectivity index (χ2v) is 4.39. The molecule has 0 aliphatic heterocycles. The van der Waals surface area contributed by atoms with Crippen molar-refractivity contribution < 1.29 is 0 Å². The Morgan fingerprint density at radius 3 is 2.86 bits per heavy atom. The Bertz CT molecular complexity index is 313. The Labute approximate surface area is 89.2 Å². The van der Waals surface area contributed by atoms with E-state index in [-0.39, 0.29) is 6.04 Å². The van der Waals surface area contributed by atoms with E-state index < -0.39 is 0 Å². The monoisotopic (exact) mass is 211 g/mol. The molecule has 1 rings (SSSR count). The molecule has 78 valence electrons. The molecule has 1 aromatic heterocycles. The predicted molar refractivity (Wildman–Crippen MR) is 60.3 cm³/mol. The van der Waals surface area contributed by atoms with Crippen molar-refractivity contribution in [2.45, 2.75) is 39.7 Å². The van der Waals surface area contributed by atoms with Gasteiger partial charge in [-0.2, -0.15) is 0 Å². The molecule has 1 heterocycles. The zero-order valence-electron chi connectivity index (χ0n) is 8.95. The van der Waals surface area contributed by atoms with Crippen LogP contribution in [-0.4, -0.2) is 9.59 Å². The van der Waals surface area contributed by atoms with Gasteiger partial charge in [0.1, 0.15) is 0 Å². The maximum atomic E-state index is 6.03. The minimum absolute atomic E-state index is 0.0402. The smallest absolute Gasteiger partial charge is 0.0806 e. The summed E-state index contributed by atoms with van der Waals surface area (Å²) in [4.78, 5) is 1.10. The number of aryl methyl sites for hydroxylation is 1. The van der Waals surface area contributed by atoms with E-state index in [2.05, 4.69) is 16.5 Å². The van der Waals surface area contributed by atoms with Crippen LogP contribution in [-0.2, 0) is 6.42 Å². The first kappa shape index (κ1) is 11.3. The average Bonchev–Trinajstić information content (AvgIpc) is 2.51. The second kappa shape index (κ2) is 5.22. The summed E-state index contributed by atoms with van der Waals surface area (Å²) in [7, 11) is 0. The average molecular weight is 211 g/mol. The zero-order valence-corrected chi connectivity index (χ0v) is 9.77. The number of hydrogen-bond acceptors (Lipinski definition) is 4. The molecule has 0 saturated carbocycles. The molecular formula is C10H17N3S. The molecule has 14 heavy (non-hydrogen) atoms. The fourth-order valence-electron chi connectivity index (χ4n) is 1.31. The first-order valence-corrected chi connectivity index (χ1v) is 5.64. The standard InChI is InChI=1S/C10H17N3S/c1-4-5-9-10(14-13-12-9)8(11)6-7(2)3/h6,8H,4-5,11H2,1-3H3. The van der Waals surface area contributed by atoms with Gasteiger partial charge in [-0.05, 0) is 31.8 Å². The maximum Gasteiger partial charge on any atom is 0.0806 e. The van der Waals surface area contributed by atoms with Crippen LogP contribution >= 0.6 is 11.5 Å². The van der Waals surface area contributed by atoms with Gasteiger partial charge in [0.25, 0.3) is 0 Å². The molecular weight excluding hydrogens is 194 g/mol. The van der Waals surface area contributed by atoms with E-state index >= 15 is 0 Å². The molecule has 0 saturated heterocycles. The van der Waals surface area contributed by atoms with Gasteiger partial charge >= 0.3 is 0 Å². The third-order valence-corrected chi connectivity index (χ3v) is 2.76. The van der Waals surface area contributed by atoms with Crippen LogP contribution in [0.1, 0.15) is 43.8 Å². The third-order valence-electron chi connectivity index (χ3n) is 1.89. The molecule has 1 atom stereocenters. The lowest BCUT2D eigenvalue weighted by molar-refractivity contribution is 0.824. The van der Waals surface area contributed by atoms with Crippen LogP contribution in [0.4, 0.5) is 0 Å². The Balaban J connectivity index is 2.83. The van der Waals surface area contributed by atoms with E-state index in [0.717, 1.165) is 23.4 Å². The van der Waals surface area contributed by atoms with E-state index in [1.807, 2.05) is 19.9 Å². The van der Waals surface area contributed by atoms with Gasteiger partial charge in [0.15, 0.2) is 0 Å². The largest absolute Gasteiger partial charge is 0.320 e. The molecule has 0 bridgehead atoms. The minimum Gasteiger partial charge on any atom is -0.320 e. The highest BCUT2D eigenvalue weighted by atomic mass is 32.1. The van der Waals surface area contributed by atoms with Crippen LogP contribution in [0.25, 0.3) is 0 Å². The summed E-state index contributed by atoms with van der Waals surface area (Å²) >= 11 is 1.41. The SMILES string of the molecule is CCCc1nnsc1C(N)C=C(C)C. The number of hydrogen-bond donors (Lipinski definition) is 1. The van der Waals surface area contributed by atoms with Crippen molar-refractivity contribution in [3.63, 3.8) is 0 Å². The van der Waals surface area contributed by atoms with Crippen molar-refractivity contribution in [2.24, 2.45) is 5.73 Å². The summed E-state index contributed by atoms with van der Waals surface area (Å²) < 4.78 is 3.95. The van der Waals surface area contributed by atoms with Crippen LogP contribution in [0.15, 0.2) is 11.6 Å². The summed E-state index contributed by atoms with van der Waals surface area (Å²) in [6.07, 6.45) is 4.10. The topological polar surface area (TPSA) is 51.8 Å². The molecule has 4 heteroatoms. The molecule has 3 nitrogen and oxygen atoms in total. The Hall–Kier alpha value is -0.740. The molecule has 0 fully saturated rings. The molecule has 0 radical (unpaired) electrons. The number of allylic oxidation sites excluding steroid dienone is 1. The fourth-order valence-corrected chi connectivity index (χ4v) is 1.98. The highest BCUT2D eigenvalue weighted by Gasteiger charge is 2.12. The summed E-state index contributed by atoms with van der Waals surface area (Å²) in [5.41, 5.74) is 8.31. The van der Waals surface area contributed by atoms with Crippen LogP contribution in [0.2, 0.25) is 0 Å². The van der Waals surface area contributed by atoms with Gasteiger partial charge < -0.3 is 5.73 Å². The molecule has 1 unspecified atom stereocenters. The van der Waals surface area contributed by atoms with Crippen LogP contribution in [0.3, 0.4) is 0 Å². The fraction of sp³-hybridized carbons (Fsp3) is 0.600. The summed E-state index contributed by atoms with van der Waals surface area (Å²) in [6.45, 7) is 6.23. The molecule has 0 spiro atoms. The Morgan fingerprint density at radius 2 is 2.29 bits per heavy atom. The summed E-state index contributed by atoms with van der Waals surface area (Å²) in [5, 5.41) is 4.09. The highest BCUT2D eigenvalue weighted by molar-refractivity contribution is 7.05. The molecule has 1 aromatic rings. The maximum absolute atomic E-state index is 6.03. The second-order valence-electron chi connectivity index (χ2n) is 3.60. The minimum atomic E-state index is -0.0402. The number of nitrogens with zero attached hydrogens (tertiary/aromatic N) is 2. The van der Waals surface area contributed by atoms with E-state index in [1.54, 1.807) is 0 Å². The predicted octanol–water partition coefficient (Wildman–Crippen LogP) is 2.46. The van der Waals surface area contributed by atoms with E-state index in [4.69, 9.17) is 5.73 Å². The van der Waals surface area contributed by atoms with Crippen LogP contribution in [0, 0.1) is 0 Å². The van der Waals surface area contributed by atoms with Crippen molar-refractivity contribution in [3.8, 4) is 0 Å². The van der Waals surface area contributed by atoms with Gasteiger partial charge in [0, 0.05) is 0 Å². The molecule has 2 N–H and O–H groups in total. The van der Waals surface area contributed by atoms with Gasteiger partial charge in [0.05, 0.1) is 16.6 Å². The van der Waals surface area contributed by atoms with Gasteiger partial charge in [-0.3, -0.25) is 0 Å². The quantitative estimate of drug-likeness (QED) is 0.778. The van der Waals surface area contributed by atoms with Crippen molar-refractivity contribution in [1.82, 2.24) is 9.59 Å². The molecule has 0 aromatic carbocycles. The summed E-state index contributed by atoms with van der Waals surface area (Å²) in [6, 6.07) is -0.0402. The first-order valence-electron chi connectivity index (χ1n) is 4.86. The number of nitrogens with two attached hydrogens (primary N) is 1. The van der Waals surface area contributed by atoms with E-state index in [0.29, 0.717) is 0 Å². The molecule has 0 aliphatic carbocycles. The van der Waals surface area contributed by atoms with Crippen LogP contribution < -0.4 is 5.73 Å². The normalized spacial score (nSPS) is 12.6. The number of rotatable bonds is 4. The van der Waals surface area contributed by atoms with Gasteiger partial charge in [-0.25, -0.2) is 0 Å². The van der Waals surface area contributed by atoms with Gasteiger partial charge in [-0.15, -0.1) is 5.10 Å². The van der Waals surface area contributed by atoms with Gasteiger partial charge in [-0.1, -0.05) is 29.5 Å². The van der Waals surface area contributed by atoms with Crippen molar-refractivity contribution in [2.75, 3.05) is 0 Å². The lowest BCUT2D eigenvalue weighted by Crippen LogP contribution is -2.08. The summed E-state index contributed by atoms with van der Waals surface area (Å²) in [5.74, 6) is 0. The number of aromatic nitrogens is 2. The first-order chi connectivity index (χ1) is 6.65. The van der Waals surface area contributed by atoms with Crippen molar-refractivity contribution >= 4 is 11.5 Å². The van der Waals surface area contributed by atoms with Gasteiger partial charge in [0.2, 0.25) is 0 Å². The molecule has 0 aliphatic rings. The lowest BCUT2D eigenvalue weighted by atomic mass is 10.1.